The molecule has 0 heterocycles. The molecule has 10 heteroatoms. The monoisotopic (exact) mass is 485 g/mol. The van der Waals surface area contributed by atoms with E-state index in [1.54, 1.807) is 27.7 Å². The van der Waals surface area contributed by atoms with Crippen molar-refractivity contribution < 1.29 is 37.5 Å². The highest BCUT2D eigenvalue weighted by Gasteiger charge is 2.49. The van der Waals surface area contributed by atoms with Gasteiger partial charge in [-0.2, -0.15) is 0 Å². The van der Waals surface area contributed by atoms with E-state index in [1.165, 1.54) is 6.92 Å². The number of esters is 2. The van der Waals surface area contributed by atoms with Crippen LogP contribution in [-0.4, -0.2) is 49.8 Å². The summed E-state index contributed by atoms with van der Waals surface area (Å²) in [4.78, 5) is 37.4. The van der Waals surface area contributed by atoms with Crippen LogP contribution in [0.3, 0.4) is 0 Å². The molecule has 9 nitrogen and oxygen atoms in total. The molecule has 186 valence electrons. The molecule has 0 aliphatic rings. The molecule has 0 saturated carbocycles. The first-order valence-corrected chi connectivity index (χ1v) is 13.0. The minimum atomic E-state index is -3.31. The van der Waals surface area contributed by atoms with E-state index in [0.29, 0.717) is 12.8 Å². The summed E-state index contributed by atoms with van der Waals surface area (Å²) in [6, 6.07) is 7.41. The quantitative estimate of drug-likeness (QED) is 0.227. The summed E-state index contributed by atoms with van der Waals surface area (Å²) in [5, 5.41) is 2.46. The SMILES string of the molecule is CCOC(=O)C(CCCc1ccccc1CP(=O)(OCC)OCC)(NC(C)=O)C(=O)OCC. The second kappa shape index (κ2) is 14.1. The molecule has 1 rings (SSSR count). The van der Waals surface area contributed by atoms with Gasteiger partial charge < -0.3 is 23.8 Å². The van der Waals surface area contributed by atoms with E-state index in [4.69, 9.17) is 18.5 Å². The average molecular weight is 486 g/mol. The van der Waals surface area contributed by atoms with Crippen LogP contribution >= 0.6 is 7.60 Å². The van der Waals surface area contributed by atoms with Crippen LogP contribution in [0.15, 0.2) is 24.3 Å². The summed E-state index contributed by atoms with van der Waals surface area (Å²) < 4.78 is 34.0. The first kappa shape index (κ1) is 28.8. The molecule has 0 aliphatic carbocycles. The van der Waals surface area contributed by atoms with Crippen molar-refractivity contribution in [2.45, 2.75) is 65.6 Å². The number of ether oxygens (including phenoxy) is 2. The number of hydrogen-bond donors (Lipinski definition) is 1. The van der Waals surface area contributed by atoms with Gasteiger partial charge in [0.15, 0.2) is 0 Å². The summed E-state index contributed by atoms with van der Waals surface area (Å²) in [6.07, 6.45) is 0.891. The molecule has 0 spiro atoms. The van der Waals surface area contributed by atoms with Crippen molar-refractivity contribution in [1.29, 1.82) is 0 Å². The van der Waals surface area contributed by atoms with E-state index in [-0.39, 0.29) is 39.0 Å². The number of amides is 1. The van der Waals surface area contributed by atoms with Crippen LogP contribution in [0.2, 0.25) is 0 Å². The lowest BCUT2D eigenvalue weighted by Crippen LogP contribution is -2.61. The van der Waals surface area contributed by atoms with Gasteiger partial charge in [0.2, 0.25) is 11.4 Å². The third kappa shape index (κ3) is 8.57. The van der Waals surface area contributed by atoms with E-state index in [1.807, 2.05) is 24.3 Å². The molecular weight excluding hydrogens is 449 g/mol. The normalized spacial score (nSPS) is 11.7. The Kier molecular flexibility index (Phi) is 12.3. The molecular formula is C23H36NO8P. The van der Waals surface area contributed by atoms with Crippen LogP contribution in [0.1, 0.15) is 58.6 Å². The number of nitrogens with one attached hydrogen (secondary N) is 1. The van der Waals surface area contributed by atoms with Gasteiger partial charge in [-0.1, -0.05) is 24.3 Å². The predicted molar refractivity (Wildman–Crippen MR) is 124 cm³/mol. The second-order valence-electron chi connectivity index (χ2n) is 7.25. The molecule has 0 fully saturated rings. The van der Waals surface area contributed by atoms with Crippen LogP contribution in [0.4, 0.5) is 0 Å². The van der Waals surface area contributed by atoms with Gasteiger partial charge in [-0.3, -0.25) is 9.36 Å². The van der Waals surface area contributed by atoms with Crippen molar-refractivity contribution in [2.75, 3.05) is 26.4 Å². The van der Waals surface area contributed by atoms with Crippen LogP contribution < -0.4 is 5.32 Å². The molecule has 0 aliphatic heterocycles. The Morgan fingerprint density at radius 1 is 0.879 bits per heavy atom. The third-order valence-corrected chi connectivity index (χ3v) is 6.80. The Labute approximate surface area is 196 Å². The van der Waals surface area contributed by atoms with E-state index in [0.717, 1.165) is 11.1 Å². The number of carbonyl (C=O) groups is 3. The smallest absolute Gasteiger partial charge is 0.343 e. The lowest BCUT2D eigenvalue weighted by molar-refractivity contribution is -0.168. The van der Waals surface area contributed by atoms with Crippen molar-refractivity contribution in [1.82, 2.24) is 5.32 Å². The summed E-state index contributed by atoms with van der Waals surface area (Å²) in [5.74, 6) is -2.26. The first-order chi connectivity index (χ1) is 15.7. The zero-order valence-electron chi connectivity index (χ0n) is 20.2. The summed E-state index contributed by atoms with van der Waals surface area (Å²) in [6.45, 7) is 8.59. The fourth-order valence-electron chi connectivity index (χ4n) is 3.49. The maximum Gasteiger partial charge on any atom is 0.343 e. The van der Waals surface area contributed by atoms with Crippen LogP contribution in [0.25, 0.3) is 0 Å². The molecule has 33 heavy (non-hydrogen) atoms. The Morgan fingerprint density at radius 2 is 1.39 bits per heavy atom. The molecule has 1 aromatic carbocycles. The summed E-state index contributed by atoms with van der Waals surface area (Å²) in [5.41, 5.74) is -0.264. The summed E-state index contributed by atoms with van der Waals surface area (Å²) in [7, 11) is -3.31. The molecule has 0 unspecified atom stereocenters. The molecule has 0 bridgehead atoms. The number of benzene rings is 1. The Hall–Kier alpha value is -2.22. The molecule has 0 atom stereocenters. The van der Waals surface area contributed by atoms with E-state index < -0.39 is 31.0 Å². The molecule has 0 radical (unpaired) electrons. The minimum absolute atomic E-state index is 0.0207. The zero-order valence-corrected chi connectivity index (χ0v) is 21.1. The number of hydrogen-bond acceptors (Lipinski definition) is 8. The third-order valence-electron chi connectivity index (χ3n) is 4.77. The van der Waals surface area contributed by atoms with Gasteiger partial charge in [0.1, 0.15) is 0 Å². The highest BCUT2D eigenvalue weighted by molar-refractivity contribution is 7.53. The van der Waals surface area contributed by atoms with Crippen molar-refractivity contribution in [2.24, 2.45) is 0 Å². The van der Waals surface area contributed by atoms with Crippen molar-refractivity contribution >= 4 is 25.4 Å². The van der Waals surface area contributed by atoms with Crippen molar-refractivity contribution in [3.63, 3.8) is 0 Å². The maximum atomic E-state index is 13.0. The fourth-order valence-corrected chi connectivity index (χ4v) is 5.26. The zero-order chi connectivity index (χ0) is 24.9. The highest BCUT2D eigenvalue weighted by atomic mass is 31.2. The second-order valence-corrected chi connectivity index (χ2v) is 9.31. The Balaban J connectivity index is 3.13. The lowest BCUT2D eigenvalue weighted by atomic mass is 9.90. The van der Waals surface area contributed by atoms with Crippen LogP contribution in [0.5, 0.6) is 0 Å². The lowest BCUT2D eigenvalue weighted by Gasteiger charge is -2.29. The fraction of sp³-hybridized carbons (Fsp3) is 0.609. The van der Waals surface area contributed by atoms with E-state index in [9.17, 15) is 18.9 Å². The number of rotatable bonds is 15. The topological polar surface area (TPSA) is 117 Å². The van der Waals surface area contributed by atoms with Crippen LogP contribution in [-0.2, 0) is 50.1 Å². The molecule has 0 aromatic heterocycles. The van der Waals surface area contributed by atoms with Gasteiger partial charge in [-0.15, -0.1) is 0 Å². The van der Waals surface area contributed by atoms with E-state index >= 15 is 0 Å². The predicted octanol–water partition coefficient (Wildman–Crippen LogP) is 3.78. The largest absolute Gasteiger partial charge is 0.464 e. The first-order valence-electron chi connectivity index (χ1n) is 11.3. The van der Waals surface area contributed by atoms with Gasteiger partial charge in [0.25, 0.3) is 0 Å². The van der Waals surface area contributed by atoms with Gasteiger partial charge in [0, 0.05) is 6.92 Å². The van der Waals surface area contributed by atoms with Crippen LogP contribution in [0, 0.1) is 0 Å². The molecule has 1 N–H and O–H groups in total. The average Bonchev–Trinajstić information content (AvgIpc) is 2.74. The van der Waals surface area contributed by atoms with Crippen molar-refractivity contribution in [3.05, 3.63) is 35.4 Å². The molecule has 1 amide bonds. The Morgan fingerprint density at radius 3 is 1.85 bits per heavy atom. The van der Waals surface area contributed by atoms with Gasteiger partial charge in [0.05, 0.1) is 32.6 Å². The van der Waals surface area contributed by atoms with Gasteiger partial charge >= 0.3 is 19.5 Å². The Bertz CT molecular complexity index is 814. The van der Waals surface area contributed by atoms with Gasteiger partial charge in [-0.05, 0) is 58.1 Å². The standard InChI is InChI=1S/C23H36NO8P/c1-6-29-21(26)23(24-18(5)25,22(27)30-7-2)16-12-15-19-13-10-11-14-20(19)17-33(28,31-8-3)32-9-4/h10-11,13-14H,6-9,12,15-17H2,1-5H3,(H,24,25). The molecule has 1 aromatic rings. The van der Waals surface area contributed by atoms with Gasteiger partial charge in [-0.25, -0.2) is 9.59 Å². The molecule has 0 saturated heterocycles. The summed E-state index contributed by atoms with van der Waals surface area (Å²) >= 11 is 0. The van der Waals surface area contributed by atoms with E-state index in [2.05, 4.69) is 5.32 Å². The maximum absolute atomic E-state index is 13.0. The number of carbonyl (C=O) groups excluding carboxylic acids is 3. The highest BCUT2D eigenvalue weighted by Crippen LogP contribution is 2.51. The van der Waals surface area contributed by atoms with Crippen molar-refractivity contribution in [3.8, 4) is 0 Å². The number of aryl methyl sites for hydroxylation is 1. The minimum Gasteiger partial charge on any atom is -0.464 e.